The van der Waals surface area contributed by atoms with E-state index in [1.807, 2.05) is 0 Å². The minimum absolute atomic E-state index is 1.11. The zero-order valence-corrected chi connectivity index (χ0v) is 8.54. The van der Waals surface area contributed by atoms with E-state index in [-0.39, 0.29) is 0 Å². The number of fused-ring (bicyclic) bond motifs is 3. The van der Waals surface area contributed by atoms with Crippen LogP contribution in [0.4, 0.5) is 0 Å². The Bertz CT molecular complexity index is 182. The summed E-state index contributed by atoms with van der Waals surface area (Å²) in [6.45, 7) is 4.23. The first-order chi connectivity index (χ1) is 6.43. The average Bonchev–Trinajstić information content (AvgIpc) is 2.58. The van der Waals surface area contributed by atoms with Gasteiger partial charge in [-0.25, -0.2) is 0 Å². The van der Waals surface area contributed by atoms with Gasteiger partial charge in [-0.3, -0.25) is 0 Å². The molecule has 1 nitrogen and oxygen atoms in total. The van der Waals surface area contributed by atoms with Gasteiger partial charge in [-0.2, -0.15) is 0 Å². The molecule has 3 heterocycles. The minimum atomic E-state index is 1.11. The Kier molecular flexibility index (Phi) is 2.08. The fourth-order valence-corrected chi connectivity index (χ4v) is 4.00. The van der Waals surface area contributed by atoms with Crippen LogP contribution in [0.3, 0.4) is 0 Å². The van der Waals surface area contributed by atoms with E-state index in [2.05, 4.69) is 4.90 Å². The molecule has 3 saturated heterocycles. The van der Waals surface area contributed by atoms with Crippen LogP contribution in [0.15, 0.2) is 0 Å². The molecule has 3 aliphatic heterocycles. The maximum Gasteiger partial charge on any atom is -0.00160 e. The molecule has 4 fully saturated rings. The van der Waals surface area contributed by atoms with Crippen molar-refractivity contribution < 1.29 is 0 Å². The van der Waals surface area contributed by atoms with Gasteiger partial charge in [0.1, 0.15) is 0 Å². The molecular formula is C12H21N. The molecule has 74 valence electrons. The van der Waals surface area contributed by atoms with Gasteiger partial charge in [0, 0.05) is 0 Å². The van der Waals surface area contributed by atoms with Gasteiger partial charge < -0.3 is 4.90 Å². The second-order valence-corrected chi connectivity index (χ2v) is 5.32. The summed E-state index contributed by atoms with van der Waals surface area (Å²) >= 11 is 0. The predicted octanol–water partition coefficient (Wildman–Crippen LogP) is 2.52. The molecule has 2 bridgehead atoms. The van der Waals surface area contributed by atoms with Crippen molar-refractivity contribution in [1.82, 2.24) is 4.90 Å². The van der Waals surface area contributed by atoms with E-state index < -0.39 is 0 Å². The van der Waals surface area contributed by atoms with Gasteiger partial charge in [0.2, 0.25) is 0 Å². The summed E-state index contributed by atoms with van der Waals surface area (Å²) in [5.74, 6) is 3.37. The van der Waals surface area contributed by atoms with Crippen LogP contribution in [-0.2, 0) is 0 Å². The Morgan fingerprint density at radius 2 is 1.31 bits per heavy atom. The Hall–Kier alpha value is -0.0400. The monoisotopic (exact) mass is 179 g/mol. The molecule has 0 aromatic carbocycles. The largest absolute Gasteiger partial charge is 0.303 e. The Morgan fingerprint density at radius 1 is 0.692 bits per heavy atom. The molecule has 13 heavy (non-hydrogen) atoms. The van der Waals surface area contributed by atoms with Gasteiger partial charge in [-0.15, -0.1) is 0 Å². The summed E-state index contributed by atoms with van der Waals surface area (Å²) in [6.07, 6.45) is 9.19. The minimum Gasteiger partial charge on any atom is -0.303 e. The summed E-state index contributed by atoms with van der Waals surface area (Å²) < 4.78 is 0. The van der Waals surface area contributed by atoms with Crippen molar-refractivity contribution >= 4 is 0 Å². The molecule has 1 aliphatic carbocycles. The lowest BCUT2D eigenvalue weighted by molar-refractivity contribution is 0.0854. The fourth-order valence-electron chi connectivity index (χ4n) is 4.00. The van der Waals surface area contributed by atoms with Crippen molar-refractivity contribution in [2.75, 3.05) is 19.6 Å². The summed E-state index contributed by atoms with van der Waals surface area (Å²) in [4.78, 5) is 2.70. The molecule has 0 N–H and O–H groups in total. The van der Waals surface area contributed by atoms with E-state index in [0.29, 0.717) is 0 Å². The molecule has 4 rings (SSSR count). The van der Waals surface area contributed by atoms with Crippen molar-refractivity contribution in [3.63, 3.8) is 0 Å². The van der Waals surface area contributed by atoms with Gasteiger partial charge in [0.05, 0.1) is 0 Å². The predicted molar refractivity (Wildman–Crippen MR) is 54.6 cm³/mol. The first-order valence-electron chi connectivity index (χ1n) is 6.16. The Balaban J connectivity index is 1.79. The highest BCUT2D eigenvalue weighted by atomic mass is 15.1. The van der Waals surface area contributed by atoms with Gasteiger partial charge in [-0.1, -0.05) is 12.8 Å². The molecule has 1 heteroatoms. The molecule has 0 aromatic heterocycles. The smallest absolute Gasteiger partial charge is 0.00160 e. The Morgan fingerprint density at radius 3 is 2.00 bits per heavy atom. The van der Waals surface area contributed by atoms with Crippen molar-refractivity contribution in [1.29, 1.82) is 0 Å². The third-order valence-corrected chi connectivity index (χ3v) is 4.77. The van der Waals surface area contributed by atoms with Crippen LogP contribution >= 0.6 is 0 Å². The first kappa shape index (κ1) is 8.28. The van der Waals surface area contributed by atoms with Crippen LogP contribution in [0.5, 0.6) is 0 Å². The van der Waals surface area contributed by atoms with Crippen molar-refractivity contribution in [2.24, 2.45) is 17.8 Å². The maximum atomic E-state index is 2.70. The maximum absolute atomic E-state index is 2.70. The van der Waals surface area contributed by atoms with E-state index in [1.165, 1.54) is 45.3 Å². The molecule has 1 saturated carbocycles. The summed E-state index contributed by atoms with van der Waals surface area (Å²) in [5, 5.41) is 0. The molecule has 0 spiro atoms. The topological polar surface area (TPSA) is 3.24 Å². The molecule has 2 unspecified atom stereocenters. The zero-order chi connectivity index (χ0) is 8.67. The molecular weight excluding hydrogens is 158 g/mol. The van der Waals surface area contributed by atoms with Gasteiger partial charge in [0.25, 0.3) is 0 Å². The first-order valence-corrected chi connectivity index (χ1v) is 6.16. The van der Waals surface area contributed by atoms with Crippen LogP contribution in [-0.4, -0.2) is 24.5 Å². The van der Waals surface area contributed by atoms with Crippen LogP contribution in [0, 0.1) is 17.8 Å². The summed E-state index contributed by atoms with van der Waals surface area (Å²) in [5.41, 5.74) is 0. The normalized spacial score (nSPS) is 49.8. The molecule has 0 amide bonds. The van der Waals surface area contributed by atoms with Crippen LogP contribution in [0.1, 0.15) is 38.5 Å². The highest BCUT2D eigenvalue weighted by molar-refractivity contribution is 4.89. The van der Waals surface area contributed by atoms with Crippen molar-refractivity contribution in [3.05, 3.63) is 0 Å². The Labute approximate surface area is 81.5 Å². The van der Waals surface area contributed by atoms with Crippen LogP contribution in [0.25, 0.3) is 0 Å². The molecule has 4 aliphatic rings. The van der Waals surface area contributed by atoms with Crippen LogP contribution in [0.2, 0.25) is 0 Å². The van der Waals surface area contributed by atoms with Gasteiger partial charge in [-0.05, 0) is 63.1 Å². The average molecular weight is 179 g/mol. The molecule has 0 aromatic rings. The lowest BCUT2D eigenvalue weighted by Gasteiger charge is -2.41. The highest BCUT2D eigenvalue weighted by Gasteiger charge is 2.37. The lowest BCUT2D eigenvalue weighted by atomic mass is 9.75. The quantitative estimate of drug-likeness (QED) is 0.552. The number of nitrogens with zero attached hydrogens (tertiary/aromatic N) is 1. The van der Waals surface area contributed by atoms with Crippen LogP contribution < -0.4 is 0 Å². The third kappa shape index (κ3) is 1.41. The molecule has 2 atom stereocenters. The van der Waals surface area contributed by atoms with E-state index in [1.54, 1.807) is 12.8 Å². The lowest BCUT2D eigenvalue weighted by Crippen LogP contribution is -2.41. The van der Waals surface area contributed by atoms with Crippen molar-refractivity contribution in [2.45, 2.75) is 38.5 Å². The van der Waals surface area contributed by atoms with E-state index in [0.717, 1.165) is 17.8 Å². The standard InChI is InChI=1S/C12H21N/c1-2-10-4-7-13-8-5-11(6-9-13)12(10)3-1/h10-12H,1-9H2. The second-order valence-electron chi connectivity index (χ2n) is 5.32. The number of hydrogen-bond acceptors (Lipinski definition) is 1. The van der Waals surface area contributed by atoms with E-state index in [4.69, 9.17) is 0 Å². The van der Waals surface area contributed by atoms with E-state index >= 15 is 0 Å². The van der Waals surface area contributed by atoms with Gasteiger partial charge in [0.15, 0.2) is 0 Å². The van der Waals surface area contributed by atoms with Gasteiger partial charge >= 0.3 is 0 Å². The highest BCUT2D eigenvalue weighted by Crippen LogP contribution is 2.44. The van der Waals surface area contributed by atoms with E-state index in [9.17, 15) is 0 Å². The molecule has 0 radical (unpaired) electrons. The summed E-state index contributed by atoms with van der Waals surface area (Å²) in [6, 6.07) is 0. The second kappa shape index (κ2) is 3.27. The SMILES string of the molecule is C1CC2CCN3CCC(CC3)C2C1. The van der Waals surface area contributed by atoms with Crippen molar-refractivity contribution in [3.8, 4) is 0 Å². The number of piperidine rings is 1. The zero-order valence-electron chi connectivity index (χ0n) is 8.54. The number of hydrogen-bond donors (Lipinski definition) is 0. The fraction of sp³-hybridized carbons (Fsp3) is 1.00. The summed E-state index contributed by atoms with van der Waals surface area (Å²) in [7, 11) is 0. The third-order valence-electron chi connectivity index (χ3n) is 4.77. The number of rotatable bonds is 0.